The topological polar surface area (TPSA) is 62.1 Å². The van der Waals surface area contributed by atoms with Gasteiger partial charge in [-0.3, -0.25) is 9.69 Å². The number of nitrogens with zero attached hydrogens (tertiary/aromatic N) is 1. The smallest absolute Gasteiger partial charge is 0.249 e. The molecular formula is C18H21N3O. The summed E-state index contributed by atoms with van der Waals surface area (Å²) in [5, 5.41) is 1.17. The lowest BCUT2D eigenvalue weighted by atomic mass is 9.85. The van der Waals surface area contributed by atoms with E-state index in [0.29, 0.717) is 11.6 Å². The number of amides is 1. The Morgan fingerprint density at radius 2 is 2.05 bits per heavy atom. The van der Waals surface area contributed by atoms with Crippen LogP contribution in [0.25, 0.3) is 10.9 Å². The number of hydrogen-bond donors (Lipinski definition) is 2. The molecule has 1 unspecified atom stereocenters. The maximum atomic E-state index is 11.8. The fraction of sp³-hybridized carbons (Fsp3) is 0.278. The van der Waals surface area contributed by atoms with E-state index in [2.05, 4.69) is 23.0 Å². The van der Waals surface area contributed by atoms with Crippen LogP contribution in [0.3, 0.4) is 0 Å². The molecule has 1 aliphatic rings. The van der Waals surface area contributed by atoms with Gasteiger partial charge in [-0.05, 0) is 36.1 Å². The van der Waals surface area contributed by atoms with E-state index in [0.717, 1.165) is 37.0 Å². The molecule has 0 saturated carbocycles. The zero-order valence-corrected chi connectivity index (χ0v) is 12.6. The number of H-pyrrole nitrogens is 1. The van der Waals surface area contributed by atoms with E-state index >= 15 is 0 Å². The highest BCUT2D eigenvalue weighted by Gasteiger charge is 2.28. The van der Waals surface area contributed by atoms with Gasteiger partial charge in [0.25, 0.3) is 0 Å². The number of benzene rings is 1. The van der Waals surface area contributed by atoms with Crippen molar-refractivity contribution in [2.75, 3.05) is 13.1 Å². The van der Waals surface area contributed by atoms with E-state index in [1.807, 2.05) is 30.5 Å². The first-order valence-electron chi connectivity index (χ1n) is 7.53. The summed E-state index contributed by atoms with van der Waals surface area (Å²) in [5.41, 5.74) is 9.60. The highest BCUT2D eigenvalue weighted by atomic mass is 16.1. The van der Waals surface area contributed by atoms with Crippen LogP contribution in [-0.2, 0) is 12.8 Å². The van der Waals surface area contributed by atoms with Crippen LogP contribution >= 0.6 is 0 Å². The fourth-order valence-electron chi connectivity index (χ4n) is 3.50. The van der Waals surface area contributed by atoms with Gasteiger partial charge in [0.05, 0.1) is 0 Å². The molecule has 0 fully saturated rings. The molecule has 0 spiro atoms. The van der Waals surface area contributed by atoms with E-state index < -0.39 is 0 Å². The molecule has 1 aromatic carbocycles. The van der Waals surface area contributed by atoms with E-state index in [1.165, 1.54) is 10.9 Å². The van der Waals surface area contributed by atoms with Crippen LogP contribution in [0.15, 0.2) is 43.6 Å². The minimum absolute atomic E-state index is 0.322. The summed E-state index contributed by atoms with van der Waals surface area (Å²) in [6.07, 6.45) is 7.64. The fourth-order valence-corrected chi connectivity index (χ4v) is 3.50. The number of hydrogen-bond acceptors (Lipinski definition) is 2. The summed E-state index contributed by atoms with van der Waals surface area (Å²) in [4.78, 5) is 17.4. The van der Waals surface area contributed by atoms with Crippen molar-refractivity contribution in [1.29, 1.82) is 0 Å². The molecule has 114 valence electrons. The van der Waals surface area contributed by atoms with Crippen molar-refractivity contribution in [3.63, 3.8) is 0 Å². The van der Waals surface area contributed by atoms with E-state index in [9.17, 15) is 4.79 Å². The van der Waals surface area contributed by atoms with Crippen molar-refractivity contribution in [2.24, 2.45) is 5.73 Å². The molecule has 2 aromatic rings. The molecule has 3 rings (SSSR count). The van der Waals surface area contributed by atoms with Crippen molar-refractivity contribution < 1.29 is 4.79 Å². The summed E-state index contributed by atoms with van der Waals surface area (Å²) in [5.74, 6) is -0.358. The number of rotatable bonds is 6. The van der Waals surface area contributed by atoms with Crippen LogP contribution < -0.4 is 5.73 Å². The maximum Gasteiger partial charge on any atom is 0.249 e. The highest BCUT2D eigenvalue weighted by molar-refractivity contribution is 6.01. The molecule has 1 heterocycles. The molecular weight excluding hydrogens is 274 g/mol. The van der Waals surface area contributed by atoms with Crippen molar-refractivity contribution in [1.82, 2.24) is 9.88 Å². The second-order valence-corrected chi connectivity index (χ2v) is 5.79. The van der Waals surface area contributed by atoms with Gasteiger partial charge in [0, 0.05) is 41.8 Å². The third-order valence-corrected chi connectivity index (χ3v) is 4.44. The number of nitrogens with two attached hydrogens (primary N) is 1. The van der Waals surface area contributed by atoms with Crippen molar-refractivity contribution >= 4 is 16.8 Å². The summed E-state index contributed by atoms with van der Waals surface area (Å²) in [6, 6.07) is 4.09. The van der Waals surface area contributed by atoms with Crippen LogP contribution in [0.4, 0.5) is 0 Å². The van der Waals surface area contributed by atoms with E-state index in [1.54, 1.807) is 0 Å². The molecule has 0 bridgehead atoms. The Kier molecular flexibility index (Phi) is 3.86. The minimum Gasteiger partial charge on any atom is -0.366 e. The Labute approximate surface area is 130 Å². The summed E-state index contributed by atoms with van der Waals surface area (Å²) in [7, 11) is 0. The first-order chi connectivity index (χ1) is 10.7. The number of carbonyl (C=O) groups excluding carboxylic acids is 1. The average molecular weight is 295 g/mol. The maximum absolute atomic E-state index is 11.8. The van der Waals surface area contributed by atoms with Crippen LogP contribution in [0, 0.1) is 0 Å². The number of primary amides is 1. The Morgan fingerprint density at radius 1 is 1.32 bits per heavy atom. The molecule has 1 atom stereocenters. The Morgan fingerprint density at radius 3 is 2.68 bits per heavy atom. The molecule has 0 aliphatic heterocycles. The van der Waals surface area contributed by atoms with Gasteiger partial charge in [-0.1, -0.05) is 12.2 Å². The summed E-state index contributed by atoms with van der Waals surface area (Å²) >= 11 is 0. The lowest BCUT2D eigenvalue weighted by Crippen LogP contribution is -2.40. The lowest BCUT2D eigenvalue weighted by molar-refractivity contribution is 0.0999. The average Bonchev–Trinajstić information content (AvgIpc) is 2.91. The Bertz CT molecular complexity index is 734. The second-order valence-electron chi connectivity index (χ2n) is 5.79. The van der Waals surface area contributed by atoms with Crippen LogP contribution in [0.1, 0.15) is 21.5 Å². The second kappa shape index (κ2) is 5.81. The Balaban J connectivity index is 2.05. The molecule has 22 heavy (non-hydrogen) atoms. The molecule has 0 radical (unpaired) electrons. The number of aromatic nitrogens is 1. The van der Waals surface area contributed by atoms with Gasteiger partial charge < -0.3 is 10.7 Å². The molecule has 4 nitrogen and oxygen atoms in total. The number of carbonyl (C=O) groups is 1. The summed E-state index contributed by atoms with van der Waals surface area (Å²) in [6.45, 7) is 9.29. The third-order valence-electron chi connectivity index (χ3n) is 4.44. The van der Waals surface area contributed by atoms with E-state index in [-0.39, 0.29) is 5.91 Å². The quantitative estimate of drug-likeness (QED) is 0.804. The van der Waals surface area contributed by atoms with E-state index in [4.69, 9.17) is 5.73 Å². The molecule has 0 saturated heterocycles. The summed E-state index contributed by atoms with van der Waals surface area (Å²) < 4.78 is 0. The first-order valence-corrected chi connectivity index (χ1v) is 7.53. The number of nitrogens with one attached hydrogen (secondary N) is 1. The van der Waals surface area contributed by atoms with Gasteiger partial charge in [-0.15, -0.1) is 13.2 Å². The molecule has 1 aromatic heterocycles. The molecule has 3 N–H and O–H groups in total. The lowest BCUT2D eigenvalue weighted by Gasteiger charge is -2.33. The highest BCUT2D eigenvalue weighted by Crippen LogP contribution is 2.33. The predicted octanol–water partition coefficient (Wildman–Crippen LogP) is 2.41. The molecule has 1 amide bonds. The van der Waals surface area contributed by atoms with Crippen LogP contribution in [0.5, 0.6) is 0 Å². The zero-order chi connectivity index (χ0) is 15.7. The van der Waals surface area contributed by atoms with Gasteiger partial charge in [-0.25, -0.2) is 0 Å². The van der Waals surface area contributed by atoms with Crippen molar-refractivity contribution in [3.8, 4) is 0 Å². The third kappa shape index (κ3) is 2.35. The molecule has 4 heteroatoms. The van der Waals surface area contributed by atoms with Crippen molar-refractivity contribution in [3.05, 3.63) is 60.3 Å². The predicted molar refractivity (Wildman–Crippen MR) is 90.0 cm³/mol. The first kappa shape index (κ1) is 14.6. The van der Waals surface area contributed by atoms with Gasteiger partial charge in [0.1, 0.15) is 0 Å². The molecule has 1 aliphatic carbocycles. The zero-order valence-electron chi connectivity index (χ0n) is 12.6. The minimum atomic E-state index is -0.358. The monoisotopic (exact) mass is 295 g/mol. The van der Waals surface area contributed by atoms with Gasteiger partial charge in [-0.2, -0.15) is 0 Å². The standard InChI is InChI=1S/C18H21N3O/c1-3-7-21(8-4-2)13-9-12-11-20-16-6-5-14(18(19)22)15(10-13)17(12)16/h3-6,11,13,20H,1-2,7-10H2,(H2,19,22). The SMILES string of the molecule is C=CCN(CC=C)C1Cc2c[nH]c3ccc(C(N)=O)c(c23)C1. The Hall–Kier alpha value is -2.33. The normalized spacial score (nSPS) is 16.9. The van der Waals surface area contributed by atoms with Crippen LogP contribution in [-0.4, -0.2) is 34.9 Å². The van der Waals surface area contributed by atoms with Gasteiger partial charge in [0.15, 0.2) is 0 Å². The largest absolute Gasteiger partial charge is 0.366 e. The van der Waals surface area contributed by atoms with Crippen molar-refractivity contribution in [2.45, 2.75) is 18.9 Å². The van der Waals surface area contributed by atoms with Gasteiger partial charge >= 0.3 is 0 Å². The van der Waals surface area contributed by atoms with Crippen LogP contribution in [0.2, 0.25) is 0 Å². The number of aromatic amines is 1. The van der Waals surface area contributed by atoms with Gasteiger partial charge in [0.2, 0.25) is 5.91 Å².